The van der Waals surface area contributed by atoms with E-state index in [-0.39, 0.29) is 24.5 Å². The van der Waals surface area contributed by atoms with Crippen molar-refractivity contribution in [1.29, 1.82) is 0 Å². The predicted molar refractivity (Wildman–Crippen MR) is 179 cm³/mol. The van der Waals surface area contributed by atoms with Crippen molar-refractivity contribution >= 4 is 34.4 Å². The van der Waals surface area contributed by atoms with Crippen LogP contribution in [0.2, 0.25) is 0 Å². The molecule has 2 fully saturated rings. The van der Waals surface area contributed by atoms with E-state index in [4.69, 9.17) is 4.74 Å². The van der Waals surface area contributed by atoms with Gasteiger partial charge in [0.25, 0.3) is 5.91 Å². The Balaban J connectivity index is 1.53. The van der Waals surface area contributed by atoms with Crippen LogP contribution in [0.4, 0.5) is 0 Å². The van der Waals surface area contributed by atoms with Gasteiger partial charge in [-0.2, -0.15) is 0 Å². The average molecular weight is 708 g/mol. The maximum Gasteiger partial charge on any atom is 0.254 e. The second kappa shape index (κ2) is 14.1. The summed E-state index contributed by atoms with van der Waals surface area (Å²) in [6, 6.07) is 23.4. The number of morpholine rings is 1. The zero-order valence-electron chi connectivity index (χ0n) is 25.2. The largest absolute Gasteiger partial charge is 0.392 e. The maximum absolute atomic E-state index is 15.1. The first kappa shape index (κ1) is 31.2. The summed E-state index contributed by atoms with van der Waals surface area (Å²) >= 11 is 2.37. The van der Waals surface area contributed by atoms with Crippen molar-refractivity contribution in [2.75, 3.05) is 39.4 Å². The second-order valence-electron chi connectivity index (χ2n) is 12.3. The van der Waals surface area contributed by atoms with Crippen LogP contribution in [0, 0.1) is 3.57 Å². The summed E-state index contributed by atoms with van der Waals surface area (Å²) in [4.78, 5) is 34.2. The summed E-state index contributed by atoms with van der Waals surface area (Å²) in [6.45, 7) is 4.34. The van der Waals surface area contributed by atoms with Crippen molar-refractivity contribution in [2.45, 2.75) is 62.6 Å². The summed E-state index contributed by atoms with van der Waals surface area (Å²) < 4.78 is 6.63. The van der Waals surface area contributed by atoms with E-state index in [0.717, 1.165) is 71.1 Å². The van der Waals surface area contributed by atoms with Crippen LogP contribution in [0.15, 0.2) is 72.8 Å². The molecule has 2 atom stereocenters. The number of ether oxygens (including phenoxy) is 1. The second-order valence-corrected chi connectivity index (χ2v) is 13.5. The van der Waals surface area contributed by atoms with E-state index in [9.17, 15) is 9.90 Å². The fourth-order valence-corrected chi connectivity index (χ4v) is 8.03. The zero-order chi connectivity index (χ0) is 30.5. The number of nitrogens with one attached hydrogen (secondary N) is 1. The van der Waals surface area contributed by atoms with Crippen LogP contribution in [-0.2, 0) is 28.0 Å². The first-order valence-corrected chi connectivity index (χ1v) is 17.0. The Morgan fingerprint density at radius 3 is 2.39 bits per heavy atom. The standard InChI is InChI=1S/C36H42IN3O4/c37-32-13-7-4-8-28(32)24-36(35(43)38-18-19-39-20-22-44-23-21-39)31-12-6-5-11-30(31)34(42)40(29-9-2-1-3-10-29)33(36)27-16-14-26(25-41)15-17-27/h4-8,11-17,29,33,41H,1-3,9-10,18-25H2,(H,38,43)/t33-,36-/m0/s1. The third-order valence-corrected chi connectivity index (χ3v) is 10.8. The van der Waals surface area contributed by atoms with Crippen LogP contribution in [0.5, 0.6) is 0 Å². The fraction of sp³-hybridized carbons (Fsp3) is 0.444. The van der Waals surface area contributed by atoms with Gasteiger partial charge in [-0.05, 0) is 76.2 Å². The van der Waals surface area contributed by atoms with Gasteiger partial charge in [-0.15, -0.1) is 0 Å². The van der Waals surface area contributed by atoms with Crippen molar-refractivity contribution < 1.29 is 19.4 Å². The van der Waals surface area contributed by atoms with Crippen molar-refractivity contribution in [3.8, 4) is 0 Å². The SMILES string of the molecule is O=C1c2ccccc2[C@](Cc2ccccc2I)(C(=O)NCCN2CCOCC2)[C@H](c2ccc(CO)cc2)N1C1CCCCC1. The number of fused-ring (bicyclic) bond motifs is 1. The maximum atomic E-state index is 15.1. The quantitative estimate of drug-likeness (QED) is 0.298. The highest BCUT2D eigenvalue weighted by molar-refractivity contribution is 14.1. The highest BCUT2D eigenvalue weighted by atomic mass is 127. The number of halogens is 1. The van der Waals surface area contributed by atoms with Crippen molar-refractivity contribution in [1.82, 2.24) is 15.1 Å². The number of carbonyl (C=O) groups excluding carboxylic acids is 2. The lowest BCUT2D eigenvalue weighted by molar-refractivity contribution is -0.130. The fourth-order valence-electron chi connectivity index (χ4n) is 7.46. The Kier molecular flexibility index (Phi) is 10.0. The van der Waals surface area contributed by atoms with E-state index in [1.165, 1.54) is 6.42 Å². The molecule has 2 heterocycles. The highest BCUT2D eigenvalue weighted by Gasteiger charge is 2.57. The molecule has 0 radical (unpaired) electrons. The van der Waals surface area contributed by atoms with E-state index < -0.39 is 11.5 Å². The third kappa shape index (κ3) is 6.18. The molecular weight excluding hydrogens is 665 g/mol. The van der Waals surface area contributed by atoms with Crippen molar-refractivity contribution in [3.63, 3.8) is 0 Å². The molecule has 44 heavy (non-hydrogen) atoms. The monoisotopic (exact) mass is 707 g/mol. The van der Waals surface area contributed by atoms with Crippen molar-refractivity contribution in [3.05, 3.63) is 104 Å². The minimum absolute atomic E-state index is 0.00300. The van der Waals surface area contributed by atoms with E-state index in [1.54, 1.807) is 0 Å². The first-order valence-electron chi connectivity index (χ1n) is 16.0. The van der Waals surface area contributed by atoms with Gasteiger partial charge in [0.1, 0.15) is 5.41 Å². The van der Waals surface area contributed by atoms with Gasteiger partial charge in [-0.25, -0.2) is 0 Å². The van der Waals surface area contributed by atoms with Crippen molar-refractivity contribution in [2.24, 2.45) is 0 Å². The molecule has 232 valence electrons. The molecule has 0 aromatic heterocycles. The molecule has 1 aliphatic carbocycles. The number of rotatable bonds is 9. The molecule has 6 rings (SSSR count). The molecule has 1 saturated heterocycles. The Morgan fingerprint density at radius 2 is 1.66 bits per heavy atom. The first-order chi connectivity index (χ1) is 21.5. The topological polar surface area (TPSA) is 82.1 Å². The molecule has 0 spiro atoms. The van der Waals surface area contributed by atoms with Gasteiger partial charge >= 0.3 is 0 Å². The van der Waals surface area contributed by atoms with Crippen LogP contribution in [0.25, 0.3) is 0 Å². The van der Waals surface area contributed by atoms with Gasteiger partial charge in [0.2, 0.25) is 5.91 Å². The molecule has 2 N–H and O–H groups in total. The van der Waals surface area contributed by atoms with Crippen LogP contribution >= 0.6 is 22.6 Å². The lowest BCUT2D eigenvalue weighted by Gasteiger charge is -2.53. The van der Waals surface area contributed by atoms with Gasteiger partial charge < -0.3 is 20.1 Å². The number of benzene rings is 3. The summed E-state index contributed by atoms with van der Waals surface area (Å²) in [7, 11) is 0. The Morgan fingerprint density at radius 1 is 0.955 bits per heavy atom. The van der Waals surface area contributed by atoms with Gasteiger partial charge in [-0.3, -0.25) is 14.5 Å². The molecule has 3 aromatic rings. The molecule has 3 aromatic carbocycles. The number of hydrogen-bond acceptors (Lipinski definition) is 5. The number of carbonyl (C=O) groups is 2. The van der Waals surface area contributed by atoms with Crippen LogP contribution in [0.3, 0.4) is 0 Å². The van der Waals surface area contributed by atoms with Crippen LogP contribution in [-0.4, -0.2) is 72.2 Å². The minimum atomic E-state index is -1.07. The average Bonchev–Trinajstić information content (AvgIpc) is 3.07. The summed E-state index contributed by atoms with van der Waals surface area (Å²) in [5, 5.41) is 13.2. The molecule has 7 nitrogen and oxygen atoms in total. The summed E-state index contributed by atoms with van der Waals surface area (Å²) in [5.74, 6) is -0.0503. The highest BCUT2D eigenvalue weighted by Crippen LogP contribution is 2.51. The van der Waals surface area contributed by atoms with E-state index in [0.29, 0.717) is 31.7 Å². The van der Waals surface area contributed by atoms with Gasteiger partial charge in [-0.1, -0.05) is 79.9 Å². The van der Waals surface area contributed by atoms with Gasteiger partial charge in [0.15, 0.2) is 0 Å². The molecule has 3 aliphatic rings. The summed E-state index contributed by atoms with van der Waals surface area (Å²) in [5.41, 5.74) is 3.15. The normalized spacial score (nSPS) is 22.9. The third-order valence-electron chi connectivity index (χ3n) is 9.71. The van der Waals surface area contributed by atoms with Crippen LogP contribution < -0.4 is 5.32 Å². The molecule has 8 heteroatoms. The van der Waals surface area contributed by atoms with E-state index in [1.807, 2.05) is 60.7 Å². The van der Waals surface area contributed by atoms with Gasteiger partial charge in [0.05, 0.1) is 25.9 Å². The number of nitrogens with zero attached hydrogens (tertiary/aromatic N) is 2. The lowest BCUT2D eigenvalue weighted by Crippen LogP contribution is -2.62. The lowest BCUT2D eigenvalue weighted by atomic mass is 9.62. The number of amides is 2. The van der Waals surface area contributed by atoms with Gasteiger partial charge in [0, 0.05) is 41.4 Å². The van der Waals surface area contributed by atoms with E-state index >= 15 is 4.79 Å². The van der Waals surface area contributed by atoms with Crippen LogP contribution in [0.1, 0.15) is 70.8 Å². The van der Waals surface area contributed by atoms with E-state index in [2.05, 4.69) is 49.8 Å². The molecular formula is C36H42IN3O4. The zero-order valence-corrected chi connectivity index (χ0v) is 27.4. The Hall–Kier alpha value is -2.79. The Bertz CT molecular complexity index is 1450. The molecule has 1 saturated carbocycles. The number of aliphatic hydroxyl groups excluding tert-OH is 1. The Labute approximate surface area is 274 Å². The number of aliphatic hydroxyl groups is 1. The molecule has 2 amide bonds. The minimum Gasteiger partial charge on any atom is -0.392 e. The molecule has 0 unspecified atom stereocenters. The smallest absolute Gasteiger partial charge is 0.254 e. The summed E-state index contributed by atoms with van der Waals surface area (Å²) in [6.07, 6.45) is 5.62. The predicted octanol–water partition coefficient (Wildman–Crippen LogP) is 5.24. The molecule has 0 bridgehead atoms. The number of hydrogen-bond donors (Lipinski definition) is 2. The molecule has 2 aliphatic heterocycles.